The number of rotatable bonds is 4. The first-order chi connectivity index (χ1) is 8.21. The Kier molecular flexibility index (Phi) is 3.17. The summed E-state index contributed by atoms with van der Waals surface area (Å²) in [6, 6.07) is 7.34. The summed E-state index contributed by atoms with van der Waals surface area (Å²) < 4.78 is 0. The monoisotopic (exact) mass is 235 g/mol. The van der Waals surface area contributed by atoms with Gasteiger partial charge in [-0.3, -0.25) is 9.69 Å². The standard InChI is InChI=1S/C13H17NO3/c1-2-7-13(8-15)10-5-3-4-6-11(10)14(9-16)12(13)17/h3-6,15-16H,2,7-9H2,1H3/t13-/m1/s1. The van der Waals surface area contributed by atoms with Crippen molar-refractivity contribution in [3.63, 3.8) is 0 Å². The number of nitrogens with zero attached hydrogens (tertiary/aromatic N) is 1. The average Bonchev–Trinajstić information content (AvgIpc) is 2.60. The second kappa shape index (κ2) is 4.47. The fourth-order valence-corrected chi connectivity index (χ4v) is 2.64. The Hall–Kier alpha value is -1.39. The third-order valence-electron chi connectivity index (χ3n) is 3.45. The maximum absolute atomic E-state index is 12.3. The first-order valence-corrected chi connectivity index (χ1v) is 5.84. The predicted molar refractivity (Wildman–Crippen MR) is 64.7 cm³/mol. The molecule has 2 N–H and O–H groups in total. The van der Waals surface area contributed by atoms with E-state index < -0.39 is 5.41 Å². The van der Waals surface area contributed by atoms with Gasteiger partial charge in [-0.1, -0.05) is 31.5 Å². The molecule has 1 atom stereocenters. The van der Waals surface area contributed by atoms with Crippen LogP contribution in [0.4, 0.5) is 5.69 Å². The van der Waals surface area contributed by atoms with Crippen LogP contribution in [-0.4, -0.2) is 29.5 Å². The maximum atomic E-state index is 12.3. The molecule has 0 aliphatic carbocycles. The molecule has 1 aromatic rings. The molecule has 1 heterocycles. The van der Waals surface area contributed by atoms with Gasteiger partial charge in [-0.15, -0.1) is 0 Å². The van der Waals surface area contributed by atoms with E-state index in [0.29, 0.717) is 12.1 Å². The van der Waals surface area contributed by atoms with Gasteiger partial charge < -0.3 is 10.2 Å². The van der Waals surface area contributed by atoms with Gasteiger partial charge >= 0.3 is 0 Å². The van der Waals surface area contributed by atoms with Crippen LogP contribution in [0.25, 0.3) is 0 Å². The molecule has 1 amide bonds. The largest absolute Gasteiger partial charge is 0.395 e. The summed E-state index contributed by atoms with van der Waals surface area (Å²) >= 11 is 0. The summed E-state index contributed by atoms with van der Waals surface area (Å²) in [7, 11) is 0. The third-order valence-corrected chi connectivity index (χ3v) is 3.45. The van der Waals surface area contributed by atoms with E-state index in [4.69, 9.17) is 0 Å². The van der Waals surface area contributed by atoms with Gasteiger partial charge in [0, 0.05) is 0 Å². The number of carbonyl (C=O) groups excluding carboxylic acids is 1. The van der Waals surface area contributed by atoms with Crippen LogP contribution in [0.15, 0.2) is 24.3 Å². The van der Waals surface area contributed by atoms with Crippen LogP contribution in [0.2, 0.25) is 0 Å². The highest BCUT2D eigenvalue weighted by Gasteiger charge is 2.49. The molecule has 1 aliphatic heterocycles. The number of benzene rings is 1. The van der Waals surface area contributed by atoms with E-state index in [-0.39, 0.29) is 19.2 Å². The minimum absolute atomic E-state index is 0.203. The lowest BCUT2D eigenvalue weighted by molar-refractivity contribution is -0.125. The summed E-state index contributed by atoms with van der Waals surface area (Å²) in [5.74, 6) is -0.203. The topological polar surface area (TPSA) is 60.8 Å². The van der Waals surface area contributed by atoms with Gasteiger partial charge in [0.2, 0.25) is 5.91 Å². The number of fused-ring (bicyclic) bond motifs is 1. The molecule has 0 saturated carbocycles. The average molecular weight is 235 g/mol. The fraction of sp³-hybridized carbons (Fsp3) is 0.462. The van der Waals surface area contributed by atoms with Crippen molar-refractivity contribution in [3.05, 3.63) is 29.8 Å². The van der Waals surface area contributed by atoms with E-state index in [1.165, 1.54) is 4.90 Å². The summed E-state index contributed by atoms with van der Waals surface area (Å²) in [4.78, 5) is 13.7. The zero-order chi connectivity index (χ0) is 12.5. The first-order valence-electron chi connectivity index (χ1n) is 5.84. The Morgan fingerprint density at radius 3 is 2.59 bits per heavy atom. The molecule has 0 bridgehead atoms. The number of aliphatic hydroxyl groups excluding tert-OH is 2. The van der Waals surface area contributed by atoms with Crippen molar-refractivity contribution in [1.29, 1.82) is 0 Å². The van der Waals surface area contributed by atoms with Crippen molar-refractivity contribution in [1.82, 2.24) is 0 Å². The molecule has 2 rings (SSSR count). The van der Waals surface area contributed by atoms with Crippen LogP contribution in [0.1, 0.15) is 25.3 Å². The van der Waals surface area contributed by atoms with Gasteiger partial charge in [0.1, 0.15) is 6.73 Å². The van der Waals surface area contributed by atoms with Crippen LogP contribution in [0.3, 0.4) is 0 Å². The molecule has 0 saturated heterocycles. The number of hydrogen-bond donors (Lipinski definition) is 2. The molecule has 92 valence electrons. The Bertz CT molecular complexity index is 432. The van der Waals surface area contributed by atoms with E-state index in [1.54, 1.807) is 6.07 Å². The van der Waals surface area contributed by atoms with E-state index in [1.807, 2.05) is 25.1 Å². The molecule has 0 aromatic heterocycles. The van der Waals surface area contributed by atoms with Gasteiger partial charge in [-0.2, -0.15) is 0 Å². The fourth-order valence-electron chi connectivity index (χ4n) is 2.64. The minimum atomic E-state index is -0.867. The zero-order valence-electron chi connectivity index (χ0n) is 9.89. The summed E-state index contributed by atoms with van der Waals surface area (Å²) in [6.45, 7) is 1.42. The smallest absolute Gasteiger partial charge is 0.241 e. The first kappa shape index (κ1) is 12.1. The number of anilines is 1. The van der Waals surface area contributed by atoms with E-state index >= 15 is 0 Å². The van der Waals surface area contributed by atoms with Gasteiger partial charge in [0.25, 0.3) is 0 Å². The number of amides is 1. The SMILES string of the molecule is CCC[C@]1(CO)C(=O)N(CO)c2ccccc21. The van der Waals surface area contributed by atoms with E-state index in [0.717, 1.165) is 12.0 Å². The lowest BCUT2D eigenvalue weighted by Crippen LogP contribution is -2.43. The third kappa shape index (κ3) is 1.56. The Labute approximate surface area is 100 Å². The van der Waals surface area contributed by atoms with Gasteiger partial charge in [0.05, 0.1) is 17.7 Å². The second-order valence-electron chi connectivity index (χ2n) is 4.38. The van der Waals surface area contributed by atoms with Crippen LogP contribution in [0, 0.1) is 0 Å². The molecule has 0 unspecified atom stereocenters. The van der Waals surface area contributed by atoms with Crippen molar-refractivity contribution in [3.8, 4) is 0 Å². The number of aliphatic hydroxyl groups is 2. The lowest BCUT2D eigenvalue weighted by atomic mass is 9.78. The second-order valence-corrected chi connectivity index (χ2v) is 4.38. The van der Waals surface area contributed by atoms with Crippen LogP contribution in [-0.2, 0) is 10.2 Å². The molecular formula is C13H17NO3. The number of para-hydroxylation sites is 1. The molecule has 1 aromatic carbocycles. The summed E-state index contributed by atoms with van der Waals surface area (Å²) in [5.41, 5.74) is 0.666. The van der Waals surface area contributed by atoms with E-state index in [2.05, 4.69) is 0 Å². The van der Waals surface area contributed by atoms with Crippen LogP contribution >= 0.6 is 0 Å². The summed E-state index contributed by atoms with van der Waals surface area (Å²) in [6.07, 6.45) is 1.40. The van der Waals surface area contributed by atoms with Gasteiger partial charge in [-0.05, 0) is 18.1 Å². The Balaban J connectivity index is 2.58. The van der Waals surface area contributed by atoms with Gasteiger partial charge in [-0.25, -0.2) is 0 Å². The molecule has 17 heavy (non-hydrogen) atoms. The molecule has 4 nitrogen and oxygen atoms in total. The molecule has 4 heteroatoms. The van der Waals surface area contributed by atoms with Crippen molar-refractivity contribution >= 4 is 11.6 Å². The lowest BCUT2D eigenvalue weighted by Gasteiger charge is -2.25. The van der Waals surface area contributed by atoms with Crippen molar-refractivity contribution in [2.45, 2.75) is 25.2 Å². The highest BCUT2D eigenvalue weighted by molar-refractivity contribution is 6.08. The maximum Gasteiger partial charge on any atom is 0.241 e. The van der Waals surface area contributed by atoms with Crippen molar-refractivity contribution in [2.75, 3.05) is 18.2 Å². The number of hydrogen-bond acceptors (Lipinski definition) is 3. The molecule has 0 fully saturated rings. The zero-order valence-corrected chi connectivity index (χ0v) is 9.89. The normalized spacial score (nSPS) is 23.0. The van der Waals surface area contributed by atoms with Gasteiger partial charge in [0.15, 0.2) is 0 Å². The highest BCUT2D eigenvalue weighted by atomic mass is 16.3. The van der Waals surface area contributed by atoms with Crippen LogP contribution in [0.5, 0.6) is 0 Å². The van der Waals surface area contributed by atoms with Crippen molar-refractivity contribution in [2.24, 2.45) is 0 Å². The molecular weight excluding hydrogens is 218 g/mol. The van der Waals surface area contributed by atoms with Crippen molar-refractivity contribution < 1.29 is 15.0 Å². The molecule has 1 aliphatic rings. The Morgan fingerprint density at radius 1 is 1.29 bits per heavy atom. The van der Waals surface area contributed by atoms with Crippen LogP contribution < -0.4 is 4.90 Å². The molecule has 0 spiro atoms. The quantitative estimate of drug-likeness (QED) is 0.819. The minimum Gasteiger partial charge on any atom is -0.395 e. The Morgan fingerprint density at radius 2 is 2.00 bits per heavy atom. The number of carbonyl (C=O) groups is 1. The molecule has 0 radical (unpaired) electrons. The van der Waals surface area contributed by atoms with E-state index in [9.17, 15) is 15.0 Å². The highest BCUT2D eigenvalue weighted by Crippen LogP contribution is 2.43. The predicted octanol–water partition coefficient (Wildman–Crippen LogP) is 1.01. The summed E-state index contributed by atoms with van der Waals surface area (Å²) in [5, 5.41) is 19.0.